The lowest BCUT2D eigenvalue weighted by molar-refractivity contribution is -0.133. The zero-order chi connectivity index (χ0) is 10.6. The number of hydrogen-bond donors (Lipinski definition) is 3. The molecule has 1 heterocycles. The van der Waals surface area contributed by atoms with E-state index in [0.717, 1.165) is 11.8 Å². The molecular formula is C8H8N2O3S. The Labute approximate surface area is 84.3 Å². The Hall–Kier alpha value is -1.56. The van der Waals surface area contributed by atoms with Crippen LogP contribution >= 0.6 is 11.8 Å². The number of carbonyl (C=O) groups is 1. The fourth-order valence-electron chi connectivity index (χ4n) is 0.774. The number of nitrogens with zero attached hydrogens (tertiary/aromatic N) is 1. The van der Waals surface area contributed by atoms with Crippen molar-refractivity contribution in [3.05, 3.63) is 24.0 Å². The molecule has 3 N–H and O–H groups in total. The molecule has 1 aromatic rings. The summed E-state index contributed by atoms with van der Waals surface area (Å²) in [5.41, 5.74) is 0.110. The Morgan fingerprint density at radius 1 is 1.64 bits per heavy atom. The van der Waals surface area contributed by atoms with Crippen LogP contribution in [0.5, 0.6) is 5.75 Å². The standard InChI is InChI=1S/C8H8N2O3S/c9-8(14-4-6(12)13)7-5(11)2-1-3-10-7/h1-3,9,11H,4H2,(H,12,13). The van der Waals surface area contributed by atoms with Crippen molar-refractivity contribution in [2.24, 2.45) is 0 Å². The third kappa shape index (κ3) is 2.74. The third-order valence-electron chi connectivity index (χ3n) is 1.34. The second-order valence-corrected chi connectivity index (χ2v) is 3.37. The van der Waals surface area contributed by atoms with Gasteiger partial charge in [0, 0.05) is 6.20 Å². The summed E-state index contributed by atoms with van der Waals surface area (Å²) < 4.78 is 0. The minimum atomic E-state index is -1.00. The summed E-state index contributed by atoms with van der Waals surface area (Å²) in [6.45, 7) is 0. The van der Waals surface area contributed by atoms with Gasteiger partial charge >= 0.3 is 5.97 Å². The number of carboxylic acids is 1. The summed E-state index contributed by atoms with van der Waals surface area (Å²) >= 11 is 0.813. The van der Waals surface area contributed by atoms with E-state index in [9.17, 15) is 9.90 Å². The summed E-state index contributed by atoms with van der Waals surface area (Å²) in [6, 6.07) is 2.94. The second kappa shape index (κ2) is 4.61. The van der Waals surface area contributed by atoms with Crippen molar-refractivity contribution in [2.75, 3.05) is 5.75 Å². The largest absolute Gasteiger partial charge is 0.506 e. The first-order chi connectivity index (χ1) is 6.61. The Morgan fingerprint density at radius 3 is 2.93 bits per heavy atom. The Balaban J connectivity index is 2.70. The summed E-state index contributed by atoms with van der Waals surface area (Å²) in [6.07, 6.45) is 1.44. The van der Waals surface area contributed by atoms with Gasteiger partial charge in [0.15, 0.2) is 0 Å². The number of nitrogens with one attached hydrogen (secondary N) is 1. The van der Waals surface area contributed by atoms with Crippen LogP contribution in [0, 0.1) is 5.41 Å². The van der Waals surface area contributed by atoms with E-state index in [2.05, 4.69) is 4.98 Å². The molecular weight excluding hydrogens is 204 g/mol. The number of pyridine rings is 1. The van der Waals surface area contributed by atoms with Crippen molar-refractivity contribution >= 4 is 22.8 Å². The fourth-order valence-corrected chi connectivity index (χ4v) is 1.34. The lowest BCUT2D eigenvalue weighted by Gasteiger charge is -2.02. The van der Waals surface area contributed by atoms with Crippen molar-refractivity contribution in [1.82, 2.24) is 4.98 Å². The van der Waals surface area contributed by atoms with Gasteiger partial charge in [-0.05, 0) is 12.1 Å². The molecule has 0 aliphatic carbocycles. The van der Waals surface area contributed by atoms with E-state index < -0.39 is 5.97 Å². The summed E-state index contributed by atoms with van der Waals surface area (Å²) in [7, 11) is 0. The predicted octanol–water partition coefficient (Wildman–Crippen LogP) is 0.930. The number of rotatable bonds is 3. The van der Waals surface area contributed by atoms with Gasteiger partial charge in [-0.15, -0.1) is 0 Å². The fraction of sp³-hybridized carbons (Fsp3) is 0.125. The first-order valence-electron chi connectivity index (χ1n) is 3.68. The molecule has 1 rings (SSSR count). The highest BCUT2D eigenvalue weighted by atomic mass is 32.2. The average molecular weight is 212 g/mol. The Kier molecular flexibility index (Phi) is 3.47. The molecule has 0 fully saturated rings. The second-order valence-electron chi connectivity index (χ2n) is 2.38. The van der Waals surface area contributed by atoms with Crippen LogP contribution in [0.3, 0.4) is 0 Å². The van der Waals surface area contributed by atoms with Crippen molar-refractivity contribution in [2.45, 2.75) is 0 Å². The van der Waals surface area contributed by atoms with Gasteiger partial charge in [0.25, 0.3) is 0 Å². The van der Waals surface area contributed by atoms with Crippen LogP contribution in [0.15, 0.2) is 18.3 Å². The topological polar surface area (TPSA) is 94.3 Å². The number of aromatic hydroxyl groups is 1. The molecule has 1 aromatic heterocycles. The van der Waals surface area contributed by atoms with Crippen molar-refractivity contribution in [3.63, 3.8) is 0 Å². The molecule has 0 aliphatic rings. The Morgan fingerprint density at radius 2 is 2.36 bits per heavy atom. The number of aromatic nitrogens is 1. The summed E-state index contributed by atoms with van der Waals surface area (Å²) in [5, 5.41) is 25.1. The van der Waals surface area contributed by atoms with E-state index in [1.165, 1.54) is 18.3 Å². The van der Waals surface area contributed by atoms with Gasteiger partial charge in [0.05, 0.1) is 5.75 Å². The van der Waals surface area contributed by atoms with Crippen LogP contribution in [-0.2, 0) is 4.79 Å². The molecule has 0 bridgehead atoms. The number of aliphatic carboxylic acids is 1. The zero-order valence-corrected chi connectivity index (χ0v) is 7.91. The smallest absolute Gasteiger partial charge is 0.313 e. The molecule has 0 saturated heterocycles. The maximum absolute atomic E-state index is 10.2. The molecule has 0 atom stereocenters. The van der Waals surface area contributed by atoms with Crippen LogP contribution in [0.25, 0.3) is 0 Å². The quantitative estimate of drug-likeness (QED) is 0.512. The van der Waals surface area contributed by atoms with Crippen LogP contribution in [0.2, 0.25) is 0 Å². The van der Waals surface area contributed by atoms with E-state index in [-0.39, 0.29) is 22.2 Å². The van der Waals surface area contributed by atoms with E-state index in [1.807, 2.05) is 0 Å². The van der Waals surface area contributed by atoms with Crippen LogP contribution in [0.1, 0.15) is 5.69 Å². The highest BCUT2D eigenvalue weighted by molar-refractivity contribution is 8.14. The van der Waals surface area contributed by atoms with Crippen LogP contribution < -0.4 is 0 Å². The highest BCUT2D eigenvalue weighted by Gasteiger charge is 2.10. The Bertz CT molecular complexity index is 367. The molecule has 74 valence electrons. The maximum atomic E-state index is 10.2. The number of thioether (sulfide) groups is 1. The first kappa shape index (κ1) is 10.5. The van der Waals surface area contributed by atoms with E-state index >= 15 is 0 Å². The van der Waals surface area contributed by atoms with Gasteiger partial charge in [-0.1, -0.05) is 11.8 Å². The van der Waals surface area contributed by atoms with E-state index in [1.54, 1.807) is 0 Å². The number of carboxylic acid groups (broad SMARTS) is 1. The summed E-state index contributed by atoms with van der Waals surface area (Å²) in [4.78, 5) is 14.0. The molecule has 0 unspecified atom stereocenters. The zero-order valence-electron chi connectivity index (χ0n) is 7.10. The molecule has 0 amide bonds. The van der Waals surface area contributed by atoms with E-state index in [4.69, 9.17) is 10.5 Å². The van der Waals surface area contributed by atoms with Gasteiger partial charge in [0.1, 0.15) is 16.5 Å². The van der Waals surface area contributed by atoms with Crippen molar-refractivity contribution in [1.29, 1.82) is 5.41 Å². The molecule has 0 spiro atoms. The minimum absolute atomic E-state index is 0.0505. The van der Waals surface area contributed by atoms with E-state index in [0.29, 0.717) is 0 Å². The van der Waals surface area contributed by atoms with Crippen LogP contribution in [-0.4, -0.2) is 32.0 Å². The van der Waals surface area contributed by atoms with Gasteiger partial charge in [0.2, 0.25) is 0 Å². The summed E-state index contributed by atoms with van der Waals surface area (Å²) in [5.74, 6) is -1.33. The van der Waals surface area contributed by atoms with Crippen molar-refractivity contribution < 1.29 is 15.0 Å². The van der Waals surface area contributed by atoms with Crippen molar-refractivity contribution in [3.8, 4) is 5.75 Å². The van der Waals surface area contributed by atoms with Gasteiger partial charge in [-0.25, -0.2) is 0 Å². The third-order valence-corrected chi connectivity index (χ3v) is 2.21. The maximum Gasteiger partial charge on any atom is 0.313 e. The molecule has 0 aromatic carbocycles. The monoisotopic (exact) mass is 212 g/mol. The van der Waals surface area contributed by atoms with Gasteiger partial charge < -0.3 is 10.2 Å². The normalized spacial score (nSPS) is 9.71. The minimum Gasteiger partial charge on any atom is -0.506 e. The molecule has 0 aliphatic heterocycles. The predicted molar refractivity (Wildman–Crippen MR) is 52.8 cm³/mol. The van der Waals surface area contributed by atoms with Crippen LogP contribution in [0.4, 0.5) is 0 Å². The molecule has 6 heteroatoms. The average Bonchev–Trinajstić information content (AvgIpc) is 2.15. The molecule has 0 radical (unpaired) electrons. The highest BCUT2D eigenvalue weighted by Crippen LogP contribution is 2.18. The lowest BCUT2D eigenvalue weighted by atomic mass is 10.3. The molecule has 14 heavy (non-hydrogen) atoms. The SMILES string of the molecule is N=C(SCC(=O)O)c1ncccc1O. The first-order valence-corrected chi connectivity index (χ1v) is 4.67. The lowest BCUT2D eigenvalue weighted by Crippen LogP contribution is -2.04. The van der Waals surface area contributed by atoms with Gasteiger partial charge in [-0.3, -0.25) is 15.2 Å². The molecule has 5 nitrogen and oxygen atoms in total. The van der Waals surface area contributed by atoms with Gasteiger partial charge in [-0.2, -0.15) is 0 Å². The molecule has 0 saturated carbocycles. The number of hydrogen-bond acceptors (Lipinski definition) is 5.